The predicted molar refractivity (Wildman–Crippen MR) is 73.6 cm³/mol. The van der Waals surface area contributed by atoms with E-state index < -0.39 is 0 Å². The minimum atomic E-state index is -0.198. The first-order valence-corrected chi connectivity index (χ1v) is 6.55. The average Bonchev–Trinajstić information content (AvgIpc) is 2.41. The Morgan fingerprint density at radius 2 is 2.00 bits per heavy atom. The SMILES string of the molecule is CNCc1ccc(F)c(N2CCN(C(C)=O)CC2)c1. The maximum Gasteiger partial charge on any atom is 0.219 e. The maximum absolute atomic E-state index is 13.9. The zero-order valence-electron chi connectivity index (χ0n) is 11.4. The van der Waals surface area contributed by atoms with E-state index in [-0.39, 0.29) is 11.7 Å². The van der Waals surface area contributed by atoms with Gasteiger partial charge < -0.3 is 15.1 Å². The number of benzene rings is 1. The zero-order valence-corrected chi connectivity index (χ0v) is 11.4. The third-order valence-electron chi connectivity index (χ3n) is 3.46. The molecular weight excluding hydrogens is 245 g/mol. The van der Waals surface area contributed by atoms with Crippen LogP contribution < -0.4 is 10.2 Å². The van der Waals surface area contributed by atoms with E-state index in [4.69, 9.17) is 0 Å². The molecule has 19 heavy (non-hydrogen) atoms. The maximum atomic E-state index is 13.9. The highest BCUT2D eigenvalue weighted by molar-refractivity contribution is 5.73. The molecule has 1 heterocycles. The van der Waals surface area contributed by atoms with Crippen LogP contribution in [0.15, 0.2) is 18.2 Å². The van der Waals surface area contributed by atoms with E-state index in [1.54, 1.807) is 17.9 Å². The Kier molecular flexibility index (Phi) is 4.37. The van der Waals surface area contributed by atoms with Crippen molar-refractivity contribution in [3.05, 3.63) is 29.6 Å². The number of rotatable bonds is 3. The van der Waals surface area contributed by atoms with Crippen molar-refractivity contribution in [1.29, 1.82) is 0 Å². The summed E-state index contributed by atoms with van der Waals surface area (Å²) in [5.74, 6) is -0.111. The second kappa shape index (κ2) is 6.02. The Hall–Kier alpha value is -1.62. The number of nitrogens with zero attached hydrogens (tertiary/aromatic N) is 2. The van der Waals surface area contributed by atoms with Crippen LogP contribution in [-0.4, -0.2) is 44.0 Å². The summed E-state index contributed by atoms with van der Waals surface area (Å²) < 4.78 is 13.9. The fraction of sp³-hybridized carbons (Fsp3) is 0.500. The third kappa shape index (κ3) is 3.23. The molecule has 0 unspecified atom stereocenters. The van der Waals surface area contributed by atoms with Crippen LogP contribution in [0.5, 0.6) is 0 Å². The van der Waals surface area contributed by atoms with E-state index in [2.05, 4.69) is 5.32 Å². The van der Waals surface area contributed by atoms with Gasteiger partial charge in [-0.1, -0.05) is 6.07 Å². The van der Waals surface area contributed by atoms with Gasteiger partial charge in [0.05, 0.1) is 5.69 Å². The highest BCUT2D eigenvalue weighted by Crippen LogP contribution is 2.22. The Labute approximate surface area is 113 Å². The van der Waals surface area contributed by atoms with Gasteiger partial charge in [-0.05, 0) is 24.7 Å². The van der Waals surface area contributed by atoms with Gasteiger partial charge in [-0.2, -0.15) is 0 Å². The van der Waals surface area contributed by atoms with Crippen molar-refractivity contribution >= 4 is 11.6 Å². The van der Waals surface area contributed by atoms with E-state index >= 15 is 0 Å². The van der Waals surface area contributed by atoms with Gasteiger partial charge in [-0.25, -0.2) is 4.39 Å². The van der Waals surface area contributed by atoms with Crippen LogP contribution in [0.4, 0.5) is 10.1 Å². The molecule has 0 bridgehead atoms. The normalized spacial score (nSPS) is 15.7. The summed E-state index contributed by atoms with van der Waals surface area (Å²) in [6.07, 6.45) is 0. The van der Waals surface area contributed by atoms with Crippen LogP contribution in [0.1, 0.15) is 12.5 Å². The van der Waals surface area contributed by atoms with Crippen LogP contribution in [-0.2, 0) is 11.3 Å². The number of nitrogens with one attached hydrogen (secondary N) is 1. The molecule has 0 aliphatic carbocycles. The Balaban J connectivity index is 2.10. The summed E-state index contributed by atoms with van der Waals surface area (Å²) in [5, 5.41) is 3.06. The fourth-order valence-electron chi connectivity index (χ4n) is 2.38. The van der Waals surface area contributed by atoms with Gasteiger partial charge in [-0.15, -0.1) is 0 Å². The second-order valence-corrected chi connectivity index (χ2v) is 4.81. The number of anilines is 1. The van der Waals surface area contributed by atoms with Crippen molar-refractivity contribution in [3.8, 4) is 0 Å². The molecule has 104 valence electrons. The molecule has 4 nitrogen and oxygen atoms in total. The first-order valence-electron chi connectivity index (χ1n) is 6.55. The minimum Gasteiger partial charge on any atom is -0.366 e. The van der Waals surface area contributed by atoms with Crippen LogP contribution >= 0.6 is 0 Å². The summed E-state index contributed by atoms with van der Waals surface area (Å²) in [6, 6.07) is 5.19. The van der Waals surface area contributed by atoms with Crippen molar-refractivity contribution in [3.63, 3.8) is 0 Å². The summed E-state index contributed by atoms with van der Waals surface area (Å²) >= 11 is 0. The van der Waals surface area contributed by atoms with E-state index in [1.165, 1.54) is 6.07 Å². The van der Waals surface area contributed by atoms with Gasteiger partial charge in [0.25, 0.3) is 0 Å². The summed E-state index contributed by atoms with van der Waals surface area (Å²) in [5.41, 5.74) is 1.70. The van der Waals surface area contributed by atoms with E-state index in [1.807, 2.05) is 18.0 Å². The number of piperazine rings is 1. The number of carbonyl (C=O) groups excluding carboxylic acids is 1. The lowest BCUT2D eigenvalue weighted by atomic mass is 10.1. The monoisotopic (exact) mass is 265 g/mol. The van der Waals surface area contributed by atoms with Crippen molar-refractivity contribution < 1.29 is 9.18 Å². The number of halogens is 1. The molecule has 1 fully saturated rings. The molecule has 1 amide bonds. The molecule has 0 aromatic heterocycles. The molecule has 1 aliphatic heterocycles. The second-order valence-electron chi connectivity index (χ2n) is 4.81. The molecular formula is C14H20FN3O. The minimum absolute atomic E-state index is 0.0871. The van der Waals surface area contributed by atoms with E-state index in [0.29, 0.717) is 31.9 Å². The summed E-state index contributed by atoms with van der Waals surface area (Å²) in [6.45, 7) is 4.97. The highest BCUT2D eigenvalue weighted by Gasteiger charge is 2.20. The number of amides is 1. The molecule has 0 saturated carbocycles. The fourth-order valence-corrected chi connectivity index (χ4v) is 2.38. The molecule has 0 spiro atoms. The quantitative estimate of drug-likeness (QED) is 0.892. The largest absolute Gasteiger partial charge is 0.366 e. The molecule has 1 saturated heterocycles. The van der Waals surface area contributed by atoms with Gasteiger partial charge in [0.1, 0.15) is 5.82 Å². The Morgan fingerprint density at radius 3 is 2.58 bits per heavy atom. The lowest BCUT2D eigenvalue weighted by Crippen LogP contribution is -2.48. The lowest BCUT2D eigenvalue weighted by molar-refractivity contribution is -0.129. The molecule has 1 aromatic carbocycles. The van der Waals surface area contributed by atoms with Crippen LogP contribution in [0.25, 0.3) is 0 Å². The summed E-state index contributed by atoms with van der Waals surface area (Å²) in [7, 11) is 1.87. The van der Waals surface area contributed by atoms with Gasteiger partial charge in [0.15, 0.2) is 0 Å². The van der Waals surface area contributed by atoms with Crippen molar-refractivity contribution in [2.24, 2.45) is 0 Å². The number of hydrogen-bond acceptors (Lipinski definition) is 3. The highest BCUT2D eigenvalue weighted by atomic mass is 19.1. The molecule has 1 aliphatic rings. The van der Waals surface area contributed by atoms with Crippen LogP contribution in [0.2, 0.25) is 0 Å². The topological polar surface area (TPSA) is 35.6 Å². The number of hydrogen-bond donors (Lipinski definition) is 1. The number of carbonyl (C=O) groups is 1. The van der Waals surface area contributed by atoms with Crippen molar-refractivity contribution in [1.82, 2.24) is 10.2 Å². The molecule has 2 rings (SSSR count). The molecule has 0 radical (unpaired) electrons. The standard InChI is InChI=1S/C14H20FN3O/c1-11(19)17-5-7-18(8-6-17)14-9-12(10-16-2)3-4-13(14)15/h3-4,9,16H,5-8,10H2,1-2H3. The predicted octanol–water partition coefficient (Wildman–Crippen LogP) is 1.21. The van der Waals surface area contributed by atoms with Crippen LogP contribution in [0.3, 0.4) is 0 Å². The van der Waals surface area contributed by atoms with E-state index in [9.17, 15) is 9.18 Å². The van der Waals surface area contributed by atoms with Gasteiger partial charge in [0, 0.05) is 39.6 Å². The van der Waals surface area contributed by atoms with Gasteiger partial charge >= 0.3 is 0 Å². The molecule has 1 aromatic rings. The smallest absolute Gasteiger partial charge is 0.219 e. The van der Waals surface area contributed by atoms with Crippen molar-refractivity contribution in [2.75, 3.05) is 38.1 Å². The molecule has 0 atom stereocenters. The third-order valence-corrected chi connectivity index (χ3v) is 3.46. The Morgan fingerprint density at radius 1 is 1.32 bits per heavy atom. The summed E-state index contributed by atoms with van der Waals surface area (Å²) in [4.78, 5) is 15.1. The average molecular weight is 265 g/mol. The van der Waals surface area contributed by atoms with Gasteiger partial charge in [-0.3, -0.25) is 4.79 Å². The van der Waals surface area contributed by atoms with Gasteiger partial charge in [0.2, 0.25) is 5.91 Å². The Bertz CT molecular complexity index is 456. The van der Waals surface area contributed by atoms with Crippen LogP contribution in [0, 0.1) is 5.82 Å². The zero-order chi connectivity index (χ0) is 13.8. The first kappa shape index (κ1) is 13.8. The first-order chi connectivity index (χ1) is 9.11. The van der Waals surface area contributed by atoms with Crippen molar-refractivity contribution in [2.45, 2.75) is 13.5 Å². The lowest BCUT2D eigenvalue weighted by Gasteiger charge is -2.35. The van der Waals surface area contributed by atoms with E-state index in [0.717, 1.165) is 12.1 Å². The molecule has 1 N–H and O–H groups in total. The molecule has 5 heteroatoms.